The summed E-state index contributed by atoms with van der Waals surface area (Å²) < 4.78 is 29.3. The van der Waals surface area contributed by atoms with Gasteiger partial charge < -0.3 is 15.0 Å². The van der Waals surface area contributed by atoms with Crippen molar-refractivity contribution in [3.63, 3.8) is 0 Å². The second-order valence-corrected chi connectivity index (χ2v) is 12.1. The Hall–Kier alpha value is -2.07. The molecule has 10 heteroatoms. The number of amidine groups is 1. The van der Waals surface area contributed by atoms with Crippen molar-refractivity contribution in [2.75, 3.05) is 18.1 Å². The summed E-state index contributed by atoms with van der Waals surface area (Å²) in [5, 5.41) is 3.04. The van der Waals surface area contributed by atoms with Gasteiger partial charge in [0.1, 0.15) is 11.6 Å². The predicted octanol–water partition coefficient (Wildman–Crippen LogP) is 2.24. The smallest absolute Gasteiger partial charge is 0.408 e. The summed E-state index contributed by atoms with van der Waals surface area (Å²) in [7, 11) is -3.07. The third kappa shape index (κ3) is 6.22. The van der Waals surface area contributed by atoms with Crippen molar-refractivity contribution >= 4 is 38.8 Å². The molecule has 2 fully saturated rings. The molecular weight excluding hydrogens is 438 g/mol. The quantitative estimate of drug-likeness (QED) is 0.708. The first-order valence-electron chi connectivity index (χ1n) is 10.3. The number of hydrogen-bond acceptors (Lipinski definition) is 6. The van der Waals surface area contributed by atoms with Crippen LogP contribution in [0.1, 0.15) is 33.3 Å². The first-order valence-corrected chi connectivity index (χ1v) is 13.0. The molecule has 0 aromatic heterocycles. The van der Waals surface area contributed by atoms with Crippen LogP contribution in [0.2, 0.25) is 0 Å². The van der Waals surface area contributed by atoms with Gasteiger partial charge in [-0.05, 0) is 33.3 Å². The van der Waals surface area contributed by atoms with Crippen molar-refractivity contribution in [2.24, 2.45) is 4.99 Å². The zero-order valence-electron chi connectivity index (χ0n) is 18.2. The number of hydrogen-bond donors (Lipinski definition) is 1. The molecule has 0 bridgehead atoms. The van der Waals surface area contributed by atoms with Crippen molar-refractivity contribution in [1.82, 2.24) is 10.2 Å². The van der Waals surface area contributed by atoms with Gasteiger partial charge in [-0.15, -0.1) is 0 Å². The van der Waals surface area contributed by atoms with E-state index in [4.69, 9.17) is 4.74 Å². The molecule has 0 aliphatic carbocycles. The third-order valence-corrected chi connectivity index (χ3v) is 8.24. The number of amides is 2. The van der Waals surface area contributed by atoms with Crippen LogP contribution < -0.4 is 5.32 Å². The molecule has 31 heavy (non-hydrogen) atoms. The number of rotatable bonds is 5. The van der Waals surface area contributed by atoms with Crippen molar-refractivity contribution in [2.45, 2.75) is 57.1 Å². The number of fused-ring (bicyclic) bond motifs is 1. The number of ether oxygens (including phenoxy) is 1. The first kappa shape index (κ1) is 23.6. The molecule has 2 aliphatic heterocycles. The van der Waals surface area contributed by atoms with Crippen molar-refractivity contribution in [1.29, 1.82) is 0 Å². The lowest BCUT2D eigenvalue weighted by molar-refractivity contribution is -0.119. The molecule has 0 unspecified atom stereocenters. The summed E-state index contributed by atoms with van der Waals surface area (Å²) in [4.78, 5) is 31.6. The van der Waals surface area contributed by atoms with Gasteiger partial charge >= 0.3 is 6.09 Å². The number of carbonyl (C=O) groups is 2. The van der Waals surface area contributed by atoms with Gasteiger partial charge in [0.2, 0.25) is 0 Å². The molecule has 2 amide bonds. The molecular formula is C21H29N3O5S2. The standard InChI is InChI=1S/C21H29N3O5S2/c1-5-24-16-12-31(27,28)13-17(16)30-19(24)23-18(25)15(11-14-9-7-6-8-10-14)22-20(26)29-21(2,3)4/h6-10,15-17H,5,11-13H2,1-4H3,(H,22,26)/t15-,16-,17+/m1/s1. The van der Waals surface area contributed by atoms with Crippen molar-refractivity contribution in [3.8, 4) is 0 Å². The van der Waals surface area contributed by atoms with Gasteiger partial charge in [-0.1, -0.05) is 42.1 Å². The minimum absolute atomic E-state index is 0.0787. The molecule has 8 nitrogen and oxygen atoms in total. The largest absolute Gasteiger partial charge is 0.444 e. The fraction of sp³-hybridized carbons (Fsp3) is 0.571. The summed E-state index contributed by atoms with van der Waals surface area (Å²) >= 11 is 1.33. The van der Waals surface area contributed by atoms with E-state index in [2.05, 4.69) is 10.3 Å². The lowest BCUT2D eigenvalue weighted by Crippen LogP contribution is -2.45. The average molecular weight is 468 g/mol. The minimum Gasteiger partial charge on any atom is -0.444 e. The molecule has 3 atom stereocenters. The monoisotopic (exact) mass is 467 g/mol. The van der Waals surface area contributed by atoms with Gasteiger partial charge in [-0.25, -0.2) is 13.2 Å². The maximum absolute atomic E-state index is 13.1. The molecule has 0 spiro atoms. The summed E-state index contributed by atoms with van der Waals surface area (Å²) in [6.07, 6.45) is -0.412. The van der Waals surface area contributed by atoms with Crippen molar-refractivity contribution in [3.05, 3.63) is 35.9 Å². The van der Waals surface area contributed by atoms with E-state index in [1.165, 1.54) is 11.8 Å². The molecule has 2 saturated heterocycles. The summed E-state index contributed by atoms with van der Waals surface area (Å²) in [5.74, 6) is -0.316. The van der Waals surface area contributed by atoms with E-state index in [0.717, 1.165) is 5.56 Å². The van der Waals surface area contributed by atoms with E-state index in [9.17, 15) is 18.0 Å². The number of alkyl carbamates (subject to hydrolysis) is 1. The number of carbonyl (C=O) groups excluding carboxylic acids is 2. The Morgan fingerprint density at radius 2 is 1.94 bits per heavy atom. The highest BCUT2D eigenvalue weighted by atomic mass is 32.2. The fourth-order valence-electron chi connectivity index (χ4n) is 3.68. The Morgan fingerprint density at radius 3 is 2.55 bits per heavy atom. The Bertz CT molecular complexity index is 957. The molecule has 1 aromatic carbocycles. The first-order chi connectivity index (χ1) is 14.5. The normalized spacial score (nSPS) is 24.6. The summed E-state index contributed by atoms with van der Waals surface area (Å²) in [6.45, 7) is 7.72. The fourth-order valence-corrected chi connectivity index (χ4v) is 7.70. The molecule has 1 N–H and O–H groups in total. The van der Waals surface area contributed by atoms with E-state index >= 15 is 0 Å². The maximum Gasteiger partial charge on any atom is 0.408 e. The SMILES string of the molecule is CCN1C(=NC(=O)[C@@H](Cc2ccccc2)NC(=O)OC(C)(C)C)S[C@H]2CS(=O)(=O)C[C@H]21. The van der Waals surface area contributed by atoms with Gasteiger partial charge in [0.25, 0.3) is 5.91 Å². The topological polar surface area (TPSA) is 105 Å². The second kappa shape index (κ2) is 9.20. The van der Waals surface area contributed by atoms with Crippen molar-refractivity contribution < 1.29 is 22.7 Å². The van der Waals surface area contributed by atoms with Crippen LogP contribution in [0, 0.1) is 0 Å². The van der Waals surface area contributed by atoms with Crippen LogP contribution in [0.4, 0.5) is 4.79 Å². The summed E-state index contributed by atoms with van der Waals surface area (Å²) in [6, 6.07) is 8.30. The Balaban J connectivity index is 1.79. The van der Waals surface area contributed by atoms with Crippen LogP contribution in [-0.2, 0) is 25.8 Å². The van der Waals surface area contributed by atoms with Gasteiger partial charge in [-0.3, -0.25) is 4.79 Å². The zero-order chi connectivity index (χ0) is 22.8. The van der Waals surface area contributed by atoms with Crippen LogP contribution in [0.3, 0.4) is 0 Å². The third-order valence-electron chi connectivity index (χ3n) is 4.99. The minimum atomic E-state index is -3.07. The predicted molar refractivity (Wildman–Crippen MR) is 122 cm³/mol. The molecule has 1 aromatic rings. The van der Waals surface area contributed by atoms with Crippen LogP contribution >= 0.6 is 11.8 Å². The Morgan fingerprint density at radius 1 is 1.26 bits per heavy atom. The zero-order valence-corrected chi connectivity index (χ0v) is 19.8. The molecule has 170 valence electrons. The van der Waals surface area contributed by atoms with E-state index in [0.29, 0.717) is 11.7 Å². The van der Waals surface area contributed by atoms with Gasteiger partial charge in [-0.2, -0.15) is 4.99 Å². The molecule has 0 saturated carbocycles. The van der Waals surface area contributed by atoms with Gasteiger partial charge in [0.05, 0.1) is 17.5 Å². The average Bonchev–Trinajstić information content (AvgIpc) is 3.10. The van der Waals surface area contributed by atoms with Gasteiger partial charge in [0.15, 0.2) is 15.0 Å². The van der Waals surface area contributed by atoms with E-state index in [1.807, 2.05) is 42.2 Å². The molecule has 2 aliphatic rings. The van der Waals surface area contributed by atoms with E-state index < -0.39 is 33.5 Å². The van der Waals surface area contributed by atoms with E-state index in [-0.39, 0.29) is 29.2 Å². The Kier molecular flexibility index (Phi) is 7.00. The second-order valence-electron chi connectivity index (χ2n) is 8.71. The highest BCUT2D eigenvalue weighted by molar-refractivity contribution is 8.15. The highest BCUT2D eigenvalue weighted by Crippen LogP contribution is 2.37. The number of thioether (sulfide) groups is 1. The summed E-state index contributed by atoms with van der Waals surface area (Å²) in [5.41, 5.74) is 0.186. The van der Waals surface area contributed by atoms with E-state index in [1.54, 1.807) is 20.8 Å². The number of nitrogens with zero attached hydrogens (tertiary/aromatic N) is 2. The number of nitrogens with one attached hydrogen (secondary N) is 1. The van der Waals surface area contributed by atoms with Crippen LogP contribution in [0.5, 0.6) is 0 Å². The Labute approximate surface area is 187 Å². The van der Waals surface area contributed by atoms with Crippen LogP contribution in [0.25, 0.3) is 0 Å². The molecule has 3 rings (SSSR count). The lowest BCUT2D eigenvalue weighted by atomic mass is 10.1. The number of benzene rings is 1. The molecule has 0 radical (unpaired) electrons. The maximum atomic E-state index is 13.1. The molecule has 2 heterocycles. The van der Waals surface area contributed by atoms with Gasteiger partial charge in [0, 0.05) is 18.2 Å². The highest BCUT2D eigenvalue weighted by Gasteiger charge is 2.48. The lowest BCUT2D eigenvalue weighted by Gasteiger charge is -2.24. The van der Waals surface area contributed by atoms with Crippen LogP contribution in [-0.4, -0.2) is 71.5 Å². The number of aliphatic imine (C=N–C) groups is 1. The van der Waals surface area contributed by atoms with Crippen LogP contribution in [0.15, 0.2) is 35.3 Å². The number of sulfone groups is 1.